The topological polar surface area (TPSA) is 70.1 Å². The Kier molecular flexibility index (Phi) is 8.55. The molecule has 0 saturated carbocycles. The van der Waals surface area contributed by atoms with E-state index in [1.165, 1.54) is 0 Å². The number of aryl methyl sites for hydroxylation is 1. The Labute approximate surface area is 230 Å². The minimum Gasteiger partial charge on any atom is -0.508 e. The van der Waals surface area contributed by atoms with Crippen molar-refractivity contribution in [2.24, 2.45) is 0 Å². The number of anilines is 3. The third-order valence-electron chi connectivity index (χ3n) is 6.49. The van der Waals surface area contributed by atoms with Gasteiger partial charge in [-0.25, -0.2) is 23.8 Å². The molecule has 0 atom stereocenters. The minimum atomic E-state index is -1.04. The van der Waals surface area contributed by atoms with Crippen LogP contribution in [0.2, 0.25) is 0 Å². The summed E-state index contributed by atoms with van der Waals surface area (Å²) in [5.74, 6) is -0.409. The number of aromatic nitrogens is 2. The third-order valence-corrected chi connectivity index (χ3v) is 8.16. The van der Waals surface area contributed by atoms with E-state index in [-0.39, 0.29) is 23.8 Å². The Hall–Kier alpha value is -3.91. The molecule has 2 aromatic carbocycles. The van der Waals surface area contributed by atoms with E-state index >= 15 is 4.39 Å². The number of nitrogens with one attached hydrogen (secondary N) is 2. The standard InChI is InChI=1S/C31H34F2N4OS/c1-6-20-16-25(38)9-8-23(20)18-36-31-30(33)22(12-13-34-31)15-24-14-21(7-2)29(19-35-24)37-28-11-10-26(17-27(28)32)39(3,4)5/h7-14,16-17,19,37-38H,2,6,15,18H2,1,3-5H3,(H,34,36). The van der Waals surface area contributed by atoms with Gasteiger partial charge in [-0.3, -0.25) is 4.98 Å². The highest BCUT2D eigenvalue weighted by molar-refractivity contribution is 8.32. The van der Waals surface area contributed by atoms with E-state index in [4.69, 9.17) is 0 Å². The second-order valence-electron chi connectivity index (χ2n) is 10.0. The summed E-state index contributed by atoms with van der Waals surface area (Å²) in [7, 11) is -1.04. The lowest BCUT2D eigenvalue weighted by molar-refractivity contribution is 0.474. The molecular formula is C31H34F2N4OS. The van der Waals surface area contributed by atoms with E-state index in [1.807, 2.05) is 25.1 Å². The SMILES string of the molecule is C=Cc1cc(Cc2ccnc(NCc3ccc(O)cc3CC)c2F)ncc1Nc1ccc(S(C)(C)C)cc1F. The van der Waals surface area contributed by atoms with Crippen molar-refractivity contribution in [3.63, 3.8) is 0 Å². The van der Waals surface area contributed by atoms with Crippen molar-refractivity contribution >= 4 is 33.3 Å². The van der Waals surface area contributed by atoms with Crippen molar-refractivity contribution < 1.29 is 13.9 Å². The fourth-order valence-electron chi connectivity index (χ4n) is 4.24. The molecule has 0 aliphatic heterocycles. The van der Waals surface area contributed by atoms with Gasteiger partial charge in [0.05, 0.1) is 17.6 Å². The van der Waals surface area contributed by atoms with Gasteiger partial charge in [0.1, 0.15) is 11.6 Å². The number of aromatic hydroxyl groups is 1. The lowest BCUT2D eigenvalue weighted by Crippen LogP contribution is -2.08. The largest absolute Gasteiger partial charge is 0.508 e. The molecule has 4 aromatic rings. The van der Waals surface area contributed by atoms with Crippen molar-refractivity contribution in [3.8, 4) is 5.75 Å². The highest BCUT2D eigenvalue weighted by Gasteiger charge is 2.15. The summed E-state index contributed by atoms with van der Waals surface area (Å²) in [5.41, 5.74) is 4.75. The minimum absolute atomic E-state index is 0.154. The van der Waals surface area contributed by atoms with Crippen LogP contribution >= 0.6 is 10.0 Å². The first-order valence-corrected chi connectivity index (χ1v) is 15.5. The Morgan fingerprint density at radius 3 is 2.44 bits per heavy atom. The lowest BCUT2D eigenvalue weighted by Gasteiger charge is -2.26. The number of rotatable bonds is 10. The Balaban J connectivity index is 1.50. The zero-order chi connectivity index (χ0) is 28.2. The second-order valence-corrected chi connectivity index (χ2v) is 14.2. The molecule has 2 heterocycles. The molecule has 0 spiro atoms. The van der Waals surface area contributed by atoms with Crippen LogP contribution in [-0.2, 0) is 19.4 Å². The molecule has 0 amide bonds. The zero-order valence-corrected chi connectivity index (χ0v) is 23.5. The van der Waals surface area contributed by atoms with Crippen molar-refractivity contribution in [1.82, 2.24) is 9.97 Å². The summed E-state index contributed by atoms with van der Waals surface area (Å²) < 4.78 is 30.2. The predicted octanol–water partition coefficient (Wildman–Crippen LogP) is 7.67. The molecule has 0 unspecified atom stereocenters. The number of phenolic OH excluding ortho intramolecular Hbond substituents is 1. The first-order chi connectivity index (χ1) is 18.6. The van der Waals surface area contributed by atoms with Crippen LogP contribution in [-0.4, -0.2) is 33.8 Å². The number of benzene rings is 2. The van der Waals surface area contributed by atoms with Crippen LogP contribution in [0.1, 0.15) is 34.9 Å². The van der Waals surface area contributed by atoms with Crippen molar-refractivity contribution in [2.45, 2.75) is 31.2 Å². The normalized spacial score (nSPS) is 11.7. The Bertz CT molecular complexity index is 1500. The van der Waals surface area contributed by atoms with Crippen molar-refractivity contribution in [2.75, 3.05) is 29.4 Å². The molecule has 0 radical (unpaired) electrons. The molecule has 3 N–H and O–H groups in total. The molecular weight excluding hydrogens is 514 g/mol. The Morgan fingerprint density at radius 1 is 0.949 bits per heavy atom. The van der Waals surface area contributed by atoms with E-state index in [9.17, 15) is 9.50 Å². The summed E-state index contributed by atoms with van der Waals surface area (Å²) in [6.45, 7) is 6.27. The quantitative estimate of drug-likeness (QED) is 0.190. The second kappa shape index (κ2) is 11.9. The number of hydrogen-bond donors (Lipinski definition) is 3. The van der Waals surface area contributed by atoms with Gasteiger partial charge in [0, 0.05) is 30.4 Å². The third kappa shape index (κ3) is 6.75. The first kappa shape index (κ1) is 28.1. The van der Waals surface area contributed by atoms with E-state index in [2.05, 4.69) is 45.9 Å². The van der Waals surface area contributed by atoms with Gasteiger partial charge in [-0.1, -0.05) is 25.6 Å². The smallest absolute Gasteiger partial charge is 0.169 e. The highest BCUT2D eigenvalue weighted by atomic mass is 32.3. The summed E-state index contributed by atoms with van der Waals surface area (Å²) in [6, 6.07) is 13.9. The summed E-state index contributed by atoms with van der Waals surface area (Å²) in [6.07, 6.45) is 12.2. The summed E-state index contributed by atoms with van der Waals surface area (Å²) in [5, 5.41) is 15.9. The number of nitrogens with zero attached hydrogens (tertiary/aromatic N) is 2. The molecule has 8 heteroatoms. The average Bonchev–Trinajstić information content (AvgIpc) is 2.90. The summed E-state index contributed by atoms with van der Waals surface area (Å²) in [4.78, 5) is 9.67. The van der Waals surface area contributed by atoms with E-state index < -0.39 is 15.8 Å². The summed E-state index contributed by atoms with van der Waals surface area (Å²) >= 11 is 0. The maximum atomic E-state index is 15.4. The molecule has 39 heavy (non-hydrogen) atoms. The number of phenols is 1. The zero-order valence-electron chi connectivity index (χ0n) is 22.7. The highest BCUT2D eigenvalue weighted by Crippen LogP contribution is 2.46. The van der Waals surface area contributed by atoms with Gasteiger partial charge < -0.3 is 15.7 Å². The number of pyridine rings is 2. The molecule has 0 fully saturated rings. The van der Waals surface area contributed by atoms with Crippen LogP contribution in [0.25, 0.3) is 6.08 Å². The van der Waals surface area contributed by atoms with Crippen molar-refractivity contribution in [1.29, 1.82) is 0 Å². The van der Waals surface area contributed by atoms with E-state index in [0.717, 1.165) is 28.0 Å². The van der Waals surface area contributed by atoms with Crippen LogP contribution < -0.4 is 10.6 Å². The van der Waals surface area contributed by atoms with E-state index in [0.29, 0.717) is 29.2 Å². The van der Waals surface area contributed by atoms with Gasteiger partial charge in [-0.2, -0.15) is 0 Å². The molecule has 2 aromatic heterocycles. The number of halogens is 2. The van der Waals surface area contributed by atoms with Gasteiger partial charge in [0.15, 0.2) is 11.6 Å². The molecule has 5 nitrogen and oxygen atoms in total. The molecule has 4 rings (SSSR count). The fourth-order valence-corrected chi connectivity index (χ4v) is 5.17. The fraction of sp³-hybridized carbons (Fsp3) is 0.226. The van der Waals surface area contributed by atoms with Gasteiger partial charge in [0.25, 0.3) is 0 Å². The molecule has 204 valence electrons. The van der Waals surface area contributed by atoms with Gasteiger partial charge in [-0.05, 0) is 89.2 Å². The average molecular weight is 549 g/mol. The van der Waals surface area contributed by atoms with Crippen LogP contribution in [0.3, 0.4) is 0 Å². The van der Waals surface area contributed by atoms with Gasteiger partial charge in [0.2, 0.25) is 0 Å². The van der Waals surface area contributed by atoms with Crippen molar-refractivity contribution in [3.05, 3.63) is 107 Å². The van der Waals surface area contributed by atoms with Gasteiger partial charge >= 0.3 is 0 Å². The molecule has 0 aliphatic rings. The Morgan fingerprint density at radius 2 is 1.74 bits per heavy atom. The molecule has 0 aliphatic carbocycles. The first-order valence-electron chi connectivity index (χ1n) is 12.6. The monoisotopic (exact) mass is 548 g/mol. The molecule has 0 saturated heterocycles. The maximum absolute atomic E-state index is 15.4. The predicted molar refractivity (Wildman–Crippen MR) is 159 cm³/mol. The maximum Gasteiger partial charge on any atom is 0.169 e. The van der Waals surface area contributed by atoms with Crippen LogP contribution in [0.4, 0.5) is 26.0 Å². The van der Waals surface area contributed by atoms with Crippen LogP contribution in [0, 0.1) is 11.6 Å². The molecule has 0 bridgehead atoms. The van der Waals surface area contributed by atoms with Gasteiger partial charge in [-0.15, -0.1) is 0 Å². The van der Waals surface area contributed by atoms with Crippen LogP contribution in [0.15, 0.2) is 72.4 Å². The number of hydrogen-bond acceptors (Lipinski definition) is 5. The lowest BCUT2D eigenvalue weighted by atomic mass is 10.0. The van der Waals surface area contributed by atoms with Crippen LogP contribution in [0.5, 0.6) is 5.75 Å². The van der Waals surface area contributed by atoms with E-state index in [1.54, 1.807) is 48.8 Å².